The van der Waals surface area contributed by atoms with E-state index in [0.29, 0.717) is 18.2 Å². The minimum atomic E-state index is -4.71. The molecule has 3 N–H and O–H groups in total. The summed E-state index contributed by atoms with van der Waals surface area (Å²) in [7, 11) is 0. The van der Waals surface area contributed by atoms with Gasteiger partial charge in [0.05, 0.1) is 11.1 Å². The number of carbonyl (C=O) groups is 2. The minimum Gasteiger partial charge on any atom is -0.330 e. The zero-order chi connectivity index (χ0) is 23.9. The highest BCUT2D eigenvalue weighted by Gasteiger charge is 2.36. The van der Waals surface area contributed by atoms with Gasteiger partial charge in [0.1, 0.15) is 5.82 Å². The molecule has 2 heterocycles. The first kappa shape index (κ1) is 22.5. The lowest BCUT2D eigenvalue weighted by atomic mass is 9.83. The molecule has 0 saturated carbocycles. The lowest BCUT2D eigenvalue weighted by molar-refractivity contribution is -0.137. The average molecular weight is 460 g/mol. The smallest absolute Gasteiger partial charge is 0.330 e. The molecule has 10 heteroatoms. The third kappa shape index (κ3) is 4.33. The molecule has 2 amide bonds. The van der Waals surface area contributed by atoms with Crippen LogP contribution >= 0.6 is 0 Å². The summed E-state index contributed by atoms with van der Waals surface area (Å²) < 4.78 is 53.5. The molecule has 0 bridgehead atoms. The Hall–Kier alpha value is -3.69. The van der Waals surface area contributed by atoms with Crippen molar-refractivity contribution in [2.24, 2.45) is 0 Å². The van der Waals surface area contributed by atoms with Crippen LogP contribution < -0.4 is 10.6 Å². The molecule has 1 atom stereocenters. The van der Waals surface area contributed by atoms with E-state index in [1.807, 2.05) is 6.92 Å². The molecule has 0 radical (unpaired) electrons. The summed E-state index contributed by atoms with van der Waals surface area (Å²) in [5, 5.41) is 13.3. The number of hydrogen-bond donors (Lipinski definition) is 3. The first-order chi connectivity index (χ1) is 15.6. The number of fused-ring (bicyclic) bond motifs is 1. The third-order valence-corrected chi connectivity index (χ3v) is 5.66. The topological polar surface area (TPSA) is 86.9 Å². The largest absolute Gasteiger partial charge is 0.416 e. The van der Waals surface area contributed by atoms with Gasteiger partial charge in [0, 0.05) is 40.4 Å². The van der Waals surface area contributed by atoms with E-state index in [1.54, 1.807) is 18.2 Å². The number of allylic oxidation sites excluding steroid dienone is 1. The fourth-order valence-electron chi connectivity index (χ4n) is 4.07. The highest BCUT2D eigenvalue weighted by molar-refractivity contribution is 6.07. The quantitative estimate of drug-likeness (QED) is 0.489. The summed E-state index contributed by atoms with van der Waals surface area (Å²) in [6, 6.07) is 7.25. The predicted molar refractivity (Wildman–Crippen MR) is 114 cm³/mol. The van der Waals surface area contributed by atoms with Crippen LogP contribution in [0.25, 0.3) is 10.9 Å². The predicted octanol–water partition coefficient (Wildman–Crippen LogP) is 4.80. The van der Waals surface area contributed by atoms with E-state index in [-0.39, 0.29) is 23.3 Å². The third-order valence-electron chi connectivity index (χ3n) is 5.66. The van der Waals surface area contributed by atoms with Crippen LogP contribution in [0.2, 0.25) is 0 Å². The second kappa shape index (κ2) is 8.34. The molecule has 172 valence electrons. The monoisotopic (exact) mass is 460 g/mol. The summed E-state index contributed by atoms with van der Waals surface area (Å²) in [6.45, 7) is 3.45. The summed E-state index contributed by atoms with van der Waals surface area (Å²) >= 11 is 0. The Labute approximate surface area is 186 Å². The lowest BCUT2D eigenvalue weighted by Gasteiger charge is -2.27. The van der Waals surface area contributed by atoms with E-state index < -0.39 is 35.3 Å². The molecular weight excluding hydrogens is 440 g/mol. The number of amides is 2. The maximum absolute atomic E-state index is 14.7. The van der Waals surface area contributed by atoms with Gasteiger partial charge in [-0.25, -0.2) is 4.39 Å². The van der Waals surface area contributed by atoms with Crippen molar-refractivity contribution in [1.82, 2.24) is 15.5 Å². The fourth-order valence-corrected chi connectivity index (χ4v) is 4.07. The molecule has 0 spiro atoms. The van der Waals surface area contributed by atoms with Crippen molar-refractivity contribution >= 4 is 28.4 Å². The molecule has 0 fully saturated rings. The molecule has 0 saturated heterocycles. The average Bonchev–Trinajstić information content (AvgIpc) is 3.14. The summed E-state index contributed by atoms with van der Waals surface area (Å²) in [5.41, 5.74) is 1.09. The number of aromatic amines is 1. The van der Waals surface area contributed by atoms with Gasteiger partial charge < -0.3 is 10.6 Å². The Bertz CT molecular complexity index is 1290. The number of nitrogens with zero attached hydrogens (tertiary/aromatic N) is 1. The summed E-state index contributed by atoms with van der Waals surface area (Å²) in [6.07, 6.45) is -4.28. The number of aromatic nitrogens is 2. The fraction of sp³-hybridized carbons (Fsp3) is 0.261. The molecule has 1 unspecified atom stereocenters. The van der Waals surface area contributed by atoms with Crippen LogP contribution in [-0.2, 0) is 22.2 Å². The van der Waals surface area contributed by atoms with Gasteiger partial charge in [0.2, 0.25) is 5.91 Å². The number of H-pyrrole nitrogens is 1. The van der Waals surface area contributed by atoms with Gasteiger partial charge in [0.25, 0.3) is 5.91 Å². The van der Waals surface area contributed by atoms with Gasteiger partial charge in [-0.15, -0.1) is 0 Å². The molecule has 0 aliphatic carbocycles. The van der Waals surface area contributed by atoms with Crippen molar-refractivity contribution in [2.75, 3.05) is 5.32 Å². The highest BCUT2D eigenvalue weighted by atomic mass is 19.4. The summed E-state index contributed by atoms with van der Waals surface area (Å²) in [5.74, 6) is -3.21. The van der Waals surface area contributed by atoms with Crippen molar-refractivity contribution in [1.29, 1.82) is 0 Å². The molecule has 4 rings (SSSR count). The standard InChI is InChI=1S/C23H20F4N4O2/c1-3-18-16-9-13(5-7-19(16)31-30-18)29-22(33)21-11(2)28-20(32)10-15(21)14-6-4-12(8-17(14)24)23(25,26)27/h4-9,15H,3,10H2,1-2H3,(H,28,32)(H,29,33)(H,30,31). The Morgan fingerprint density at radius 1 is 1.21 bits per heavy atom. The molecule has 1 aliphatic rings. The number of benzene rings is 2. The van der Waals surface area contributed by atoms with Crippen molar-refractivity contribution in [3.05, 3.63) is 70.3 Å². The zero-order valence-electron chi connectivity index (χ0n) is 17.7. The molecule has 33 heavy (non-hydrogen) atoms. The maximum Gasteiger partial charge on any atom is 0.416 e. The van der Waals surface area contributed by atoms with Gasteiger partial charge in [-0.2, -0.15) is 18.3 Å². The van der Waals surface area contributed by atoms with Gasteiger partial charge >= 0.3 is 6.18 Å². The van der Waals surface area contributed by atoms with Crippen molar-refractivity contribution < 1.29 is 27.2 Å². The summed E-state index contributed by atoms with van der Waals surface area (Å²) in [4.78, 5) is 25.3. The first-order valence-corrected chi connectivity index (χ1v) is 10.2. The SMILES string of the molecule is CCc1[nH]nc2ccc(NC(=O)C3=C(C)NC(=O)CC3c3ccc(C(F)(F)F)cc3F)cc12. The van der Waals surface area contributed by atoms with Crippen molar-refractivity contribution in [3.8, 4) is 0 Å². The number of aryl methyl sites for hydroxylation is 1. The molecular formula is C23H20F4N4O2. The number of rotatable bonds is 4. The van der Waals surface area contributed by atoms with Crippen molar-refractivity contribution in [2.45, 2.75) is 38.8 Å². The Morgan fingerprint density at radius 2 is 1.97 bits per heavy atom. The van der Waals surface area contributed by atoms with Crippen LogP contribution in [0, 0.1) is 5.82 Å². The number of alkyl halides is 3. The highest BCUT2D eigenvalue weighted by Crippen LogP contribution is 2.37. The van der Waals surface area contributed by atoms with E-state index in [0.717, 1.165) is 28.7 Å². The van der Waals surface area contributed by atoms with E-state index in [1.165, 1.54) is 6.92 Å². The molecule has 3 aromatic rings. The molecule has 6 nitrogen and oxygen atoms in total. The lowest BCUT2D eigenvalue weighted by Crippen LogP contribution is -2.35. The van der Waals surface area contributed by atoms with Crippen LogP contribution in [0.1, 0.15) is 43.0 Å². The van der Waals surface area contributed by atoms with E-state index in [2.05, 4.69) is 20.8 Å². The van der Waals surface area contributed by atoms with Crippen LogP contribution in [0.3, 0.4) is 0 Å². The Kier molecular flexibility index (Phi) is 5.69. The number of nitrogens with one attached hydrogen (secondary N) is 3. The van der Waals surface area contributed by atoms with Gasteiger partial charge in [-0.3, -0.25) is 14.7 Å². The van der Waals surface area contributed by atoms with E-state index in [4.69, 9.17) is 0 Å². The van der Waals surface area contributed by atoms with E-state index >= 15 is 0 Å². The number of hydrogen-bond acceptors (Lipinski definition) is 3. The number of anilines is 1. The maximum atomic E-state index is 14.7. The molecule has 1 aromatic heterocycles. The van der Waals surface area contributed by atoms with E-state index in [9.17, 15) is 27.2 Å². The van der Waals surface area contributed by atoms with Crippen LogP contribution in [0.4, 0.5) is 23.2 Å². The number of carbonyl (C=O) groups excluding carboxylic acids is 2. The normalized spacial score (nSPS) is 16.8. The Morgan fingerprint density at radius 3 is 2.64 bits per heavy atom. The van der Waals surface area contributed by atoms with Crippen LogP contribution in [0.5, 0.6) is 0 Å². The first-order valence-electron chi connectivity index (χ1n) is 10.2. The van der Waals surface area contributed by atoms with Gasteiger partial charge in [0.15, 0.2) is 0 Å². The van der Waals surface area contributed by atoms with Gasteiger partial charge in [-0.1, -0.05) is 13.0 Å². The minimum absolute atomic E-state index is 0.0799. The van der Waals surface area contributed by atoms with Crippen molar-refractivity contribution in [3.63, 3.8) is 0 Å². The van der Waals surface area contributed by atoms with Crippen LogP contribution in [0.15, 0.2) is 47.7 Å². The second-order valence-corrected chi connectivity index (χ2v) is 7.82. The molecule has 2 aromatic carbocycles. The van der Waals surface area contributed by atoms with Gasteiger partial charge in [-0.05, 0) is 49.2 Å². The molecule has 1 aliphatic heterocycles. The Balaban J connectivity index is 1.69. The second-order valence-electron chi connectivity index (χ2n) is 7.82. The number of halogens is 4. The van der Waals surface area contributed by atoms with Crippen LogP contribution in [-0.4, -0.2) is 22.0 Å². The zero-order valence-corrected chi connectivity index (χ0v) is 17.7.